The van der Waals surface area contributed by atoms with Crippen LogP contribution in [-0.4, -0.2) is 26.0 Å². The van der Waals surface area contributed by atoms with Gasteiger partial charge in [-0.15, -0.1) is 0 Å². The Hall–Kier alpha value is -2.58. The second-order valence-electron chi connectivity index (χ2n) is 6.70. The van der Waals surface area contributed by atoms with Crippen LogP contribution < -0.4 is 10.0 Å². The van der Waals surface area contributed by atoms with Crippen LogP contribution in [0.4, 0.5) is 5.69 Å². The summed E-state index contributed by atoms with van der Waals surface area (Å²) in [6.07, 6.45) is 8.74. The van der Waals surface area contributed by atoms with Gasteiger partial charge < -0.3 is 14.8 Å². The number of carboxylic acids is 1. The quantitative estimate of drug-likeness (QED) is 0.549. The number of hydrogen-bond acceptors (Lipinski definition) is 5. The van der Waals surface area contributed by atoms with E-state index in [-0.39, 0.29) is 23.5 Å². The van der Waals surface area contributed by atoms with Crippen molar-refractivity contribution in [1.82, 2.24) is 4.72 Å². The molecule has 150 valence electrons. The number of sulfonamides is 1. The van der Waals surface area contributed by atoms with Crippen LogP contribution in [0.3, 0.4) is 0 Å². The lowest BCUT2D eigenvalue weighted by atomic mass is 9.97. The number of furan rings is 1. The van der Waals surface area contributed by atoms with E-state index in [9.17, 15) is 18.3 Å². The molecule has 0 bridgehead atoms. The Balaban J connectivity index is 1.76. The van der Waals surface area contributed by atoms with Crippen LogP contribution in [-0.2, 0) is 16.6 Å². The number of hydrogen-bond donors (Lipinski definition) is 3. The van der Waals surface area contributed by atoms with Gasteiger partial charge in [-0.1, -0.05) is 11.6 Å². The van der Waals surface area contributed by atoms with Crippen LogP contribution in [0, 0.1) is 0 Å². The fraction of sp³-hybridized carbons (Fsp3) is 0.350. The summed E-state index contributed by atoms with van der Waals surface area (Å²) in [4.78, 5) is 11.2. The third kappa shape index (κ3) is 5.24. The molecule has 0 unspecified atom stereocenters. The number of carboxylic acid groups (broad SMARTS) is 1. The summed E-state index contributed by atoms with van der Waals surface area (Å²) in [5, 5.41) is 12.2. The van der Waals surface area contributed by atoms with Gasteiger partial charge in [-0.2, -0.15) is 0 Å². The highest BCUT2D eigenvalue weighted by atomic mass is 32.2. The van der Waals surface area contributed by atoms with Gasteiger partial charge in [0.15, 0.2) is 0 Å². The van der Waals surface area contributed by atoms with E-state index in [4.69, 9.17) is 4.42 Å². The number of rotatable bonds is 9. The van der Waals surface area contributed by atoms with Crippen molar-refractivity contribution in [3.8, 4) is 0 Å². The monoisotopic (exact) mass is 404 g/mol. The summed E-state index contributed by atoms with van der Waals surface area (Å²) in [5.41, 5.74) is 1.51. The van der Waals surface area contributed by atoms with Gasteiger partial charge in [0.05, 0.1) is 24.1 Å². The van der Waals surface area contributed by atoms with Crippen LogP contribution in [0.1, 0.15) is 48.2 Å². The van der Waals surface area contributed by atoms with Gasteiger partial charge in [-0.3, -0.25) is 0 Å². The Kier molecular flexibility index (Phi) is 6.53. The van der Waals surface area contributed by atoms with Crippen molar-refractivity contribution in [3.05, 3.63) is 59.6 Å². The average Bonchev–Trinajstić information content (AvgIpc) is 3.20. The summed E-state index contributed by atoms with van der Waals surface area (Å²) >= 11 is 0. The summed E-state index contributed by atoms with van der Waals surface area (Å²) < 4.78 is 33.5. The smallest absolute Gasteiger partial charge is 0.335 e. The first kappa shape index (κ1) is 20.2. The second-order valence-corrected chi connectivity index (χ2v) is 8.44. The minimum absolute atomic E-state index is 0.0843. The molecule has 0 saturated carbocycles. The van der Waals surface area contributed by atoms with Gasteiger partial charge in [0.1, 0.15) is 10.7 Å². The molecule has 0 amide bonds. The predicted octanol–water partition coefficient (Wildman–Crippen LogP) is 3.76. The van der Waals surface area contributed by atoms with E-state index in [0.717, 1.165) is 19.3 Å². The molecule has 0 fully saturated rings. The lowest BCUT2D eigenvalue weighted by Gasteiger charge is -2.15. The number of benzene rings is 1. The third-order valence-electron chi connectivity index (χ3n) is 4.67. The Morgan fingerprint density at radius 3 is 2.75 bits per heavy atom. The highest BCUT2D eigenvalue weighted by Crippen LogP contribution is 2.25. The van der Waals surface area contributed by atoms with Gasteiger partial charge >= 0.3 is 5.97 Å². The first-order valence-electron chi connectivity index (χ1n) is 9.27. The van der Waals surface area contributed by atoms with E-state index in [0.29, 0.717) is 17.9 Å². The Bertz CT molecular complexity index is 949. The SMILES string of the molecule is O=C(O)c1ccc(NCc2ccco2)c(S(=O)(=O)NCCC2=CCCCC2)c1. The van der Waals surface area contributed by atoms with Crippen molar-refractivity contribution in [3.63, 3.8) is 0 Å². The van der Waals surface area contributed by atoms with Crippen LogP contribution in [0.5, 0.6) is 0 Å². The number of nitrogens with one attached hydrogen (secondary N) is 2. The molecule has 0 atom stereocenters. The normalized spacial score (nSPS) is 14.5. The van der Waals surface area contributed by atoms with Crippen molar-refractivity contribution in [2.24, 2.45) is 0 Å². The molecule has 7 nitrogen and oxygen atoms in total. The predicted molar refractivity (Wildman–Crippen MR) is 106 cm³/mol. The standard InChI is InChI=1S/C20H24N2O5S/c23-20(24)16-8-9-18(21-14-17-7-4-12-27-17)19(13-16)28(25,26)22-11-10-15-5-2-1-3-6-15/h4-5,7-9,12-13,21-22H,1-3,6,10-11,14H2,(H,23,24). The molecule has 2 aromatic rings. The Morgan fingerprint density at radius 2 is 2.07 bits per heavy atom. The topological polar surface area (TPSA) is 109 Å². The molecular formula is C20H24N2O5S. The lowest BCUT2D eigenvalue weighted by molar-refractivity contribution is 0.0696. The van der Waals surface area contributed by atoms with Gasteiger partial charge in [0.25, 0.3) is 0 Å². The average molecular weight is 404 g/mol. The minimum atomic E-state index is -3.87. The second kappa shape index (κ2) is 9.07. The van der Waals surface area contributed by atoms with E-state index in [1.807, 2.05) is 0 Å². The fourth-order valence-electron chi connectivity index (χ4n) is 3.17. The molecule has 28 heavy (non-hydrogen) atoms. The van der Waals surface area contributed by atoms with Crippen molar-refractivity contribution < 1.29 is 22.7 Å². The molecule has 1 aliphatic carbocycles. The van der Waals surface area contributed by atoms with E-state index < -0.39 is 16.0 Å². The number of aromatic carboxylic acids is 1. The van der Waals surface area contributed by atoms with Crippen LogP contribution in [0.15, 0.2) is 57.6 Å². The molecule has 3 N–H and O–H groups in total. The first-order valence-corrected chi connectivity index (χ1v) is 10.8. The van der Waals surface area contributed by atoms with E-state index in [1.54, 1.807) is 12.1 Å². The molecular weight excluding hydrogens is 380 g/mol. The zero-order chi connectivity index (χ0) is 20.0. The third-order valence-corrected chi connectivity index (χ3v) is 6.18. The van der Waals surface area contributed by atoms with Crippen molar-refractivity contribution in [2.45, 2.75) is 43.5 Å². The maximum absolute atomic E-state index is 12.8. The van der Waals surface area contributed by atoms with Gasteiger partial charge in [0.2, 0.25) is 10.0 Å². The summed E-state index contributed by atoms with van der Waals surface area (Å²) in [6.45, 7) is 0.567. The molecule has 0 aliphatic heterocycles. The van der Waals surface area contributed by atoms with Crippen molar-refractivity contribution >= 4 is 21.7 Å². The molecule has 1 heterocycles. The molecule has 1 aromatic carbocycles. The summed E-state index contributed by atoms with van der Waals surface area (Å²) in [6, 6.07) is 7.52. The number of carbonyl (C=O) groups is 1. The van der Waals surface area contributed by atoms with Gasteiger partial charge in [0, 0.05) is 6.54 Å². The van der Waals surface area contributed by atoms with Gasteiger partial charge in [-0.25, -0.2) is 17.9 Å². The van der Waals surface area contributed by atoms with E-state index in [1.165, 1.54) is 36.5 Å². The van der Waals surface area contributed by atoms with E-state index in [2.05, 4.69) is 16.1 Å². The molecule has 0 radical (unpaired) electrons. The number of anilines is 1. The van der Waals surface area contributed by atoms with Crippen molar-refractivity contribution in [1.29, 1.82) is 0 Å². The van der Waals surface area contributed by atoms with Crippen LogP contribution in [0.2, 0.25) is 0 Å². The molecule has 0 saturated heterocycles. The lowest BCUT2D eigenvalue weighted by Crippen LogP contribution is -2.26. The summed E-state index contributed by atoms with van der Waals surface area (Å²) in [5.74, 6) is -0.538. The van der Waals surface area contributed by atoms with Gasteiger partial charge in [-0.05, 0) is 62.4 Å². The van der Waals surface area contributed by atoms with Crippen molar-refractivity contribution in [2.75, 3.05) is 11.9 Å². The molecule has 1 aliphatic rings. The first-order chi connectivity index (χ1) is 13.5. The summed E-state index contributed by atoms with van der Waals surface area (Å²) in [7, 11) is -3.87. The maximum Gasteiger partial charge on any atom is 0.335 e. The molecule has 8 heteroatoms. The number of allylic oxidation sites excluding steroid dienone is 1. The molecule has 3 rings (SSSR count). The molecule has 0 spiro atoms. The van der Waals surface area contributed by atoms with Crippen LogP contribution in [0.25, 0.3) is 0 Å². The maximum atomic E-state index is 12.8. The zero-order valence-electron chi connectivity index (χ0n) is 15.5. The zero-order valence-corrected chi connectivity index (χ0v) is 16.3. The largest absolute Gasteiger partial charge is 0.478 e. The van der Waals surface area contributed by atoms with E-state index >= 15 is 0 Å². The Labute approximate surface area is 164 Å². The minimum Gasteiger partial charge on any atom is -0.478 e. The molecule has 1 aromatic heterocycles. The fourth-order valence-corrected chi connectivity index (χ4v) is 4.41. The highest BCUT2D eigenvalue weighted by Gasteiger charge is 2.21. The van der Waals surface area contributed by atoms with Crippen LogP contribution >= 0.6 is 0 Å². The highest BCUT2D eigenvalue weighted by molar-refractivity contribution is 7.89. The Morgan fingerprint density at radius 1 is 1.21 bits per heavy atom.